The van der Waals surface area contributed by atoms with Crippen molar-refractivity contribution in [3.05, 3.63) is 6.57 Å². The maximum Gasteiger partial charge on any atom is 0.0675 e. The lowest BCUT2D eigenvalue weighted by molar-refractivity contribution is -0.849. The van der Waals surface area contributed by atoms with E-state index in [1.807, 2.05) is 0 Å². The molecule has 0 aliphatic heterocycles. The quantitative estimate of drug-likeness (QED) is 0.350. The van der Waals surface area contributed by atoms with Crippen molar-refractivity contribution in [1.82, 2.24) is 0 Å². The van der Waals surface area contributed by atoms with Crippen LogP contribution in [-0.2, 0) is 0 Å². The molecule has 0 fully saturated rings. The molecule has 0 aromatic heterocycles. The summed E-state index contributed by atoms with van der Waals surface area (Å²) in [7, 11) is 8.50. The van der Waals surface area contributed by atoms with E-state index in [-0.39, 0.29) is 13.5 Å². The van der Waals surface area contributed by atoms with Crippen LogP contribution in [0.1, 0.15) is 0 Å². The lowest BCUT2D eigenvalue weighted by atomic mass is 10.8. The highest BCUT2D eigenvalue weighted by molar-refractivity contribution is 7.59. The van der Waals surface area contributed by atoms with Crippen LogP contribution in [0, 0.1) is 11.8 Å². The number of hydrogen-bond acceptors (Lipinski definition) is 1. The van der Waals surface area contributed by atoms with Crippen molar-refractivity contribution in [2.45, 2.75) is 0 Å². The molecular weight excluding hydrogens is 120 g/mol. The van der Waals surface area contributed by atoms with Gasteiger partial charge >= 0.3 is 0 Å². The summed E-state index contributed by atoms with van der Waals surface area (Å²) in [4.78, 5) is 0. The van der Waals surface area contributed by atoms with E-state index < -0.39 is 0 Å². The van der Waals surface area contributed by atoms with Gasteiger partial charge in [0.15, 0.2) is 0 Å². The highest BCUT2D eigenvalue weighted by Gasteiger charge is 1.88. The average molecular weight is 134 g/mol. The molecule has 8 heavy (non-hydrogen) atoms. The zero-order chi connectivity index (χ0) is 6.50. The maximum atomic E-state index is 6.25. The summed E-state index contributed by atoms with van der Waals surface area (Å²) in [6, 6.07) is 0. The SMILES string of the molecule is C[N+](C)(C)C.S.[C-]#N. The standard InChI is InChI=1S/C4H12N.CN.H2S/c1-5(2,3)4;1-2;/h1-4H3;;1H2/q+1;-1;. The van der Waals surface area contributed by atoms with Gasteiger partial charge in [0.25, 0.3) is 0 Å². The van der Waals surface area contributed by atoms with Gasteiger partial charge in [-0.25, -0.2) is 0 Å². The molecule has 50 valence electrons. The molecule has 0 unspecified atom stereocenters. The molecule has 3 heteroatoms. The first-order valence-electron chi connectivity index (χ1n) is 2.01. The Morgan fingerprint density at radius 3 is 1.00 bits per heavy atom. The highest BCUT2D eigenvalue weighted by atomic mass is 32.1. The summed E-state index contributed by atoms with van der Waals surface area (Å²) < 4.78 is 1.00. The summed E-state index contributed by atoms with van der Waals surface area (Å²) in [5.74, 6) is 0. The molecule has 0 rings (SSSR count). The van der Waals surface area contributed by atoms with Crippen LogP contribution in [-0.4, -0.2) is 32.7 Å². The smallest absolute Gasteiger partial charge is 0.0675 e. The summed E-state index contributed by atoms with van der Waals surface area (Å²) in [6.45, 7) is 4.75. The van der Waals surface area contributed by atoms with Gasteiger partial charge in [0, 0.05) is 0 Å². The van der Waals surface area contributed by atoms with Gasteiger partial charge in [-0.05, 0) is 0 Å². The van der Waals surface area contributed by atoms with Crippen molar-refractivity contribution in [1.29, 1.82) is 5.26 Å². The van der Waals surface area contributed by atoms with Crippen molar-refractivity contribution < 1.29 is 4.48 Å². The van der Waals surface area contributed by atoms with Gasteiger partial charge in [-0.15, -0.1) is 0 Å². The van der Waals surface area contributed by atoms with Gasteiger partial charge in [-0.1, -0.05) is 0 Å². The molecule has 0 heterocycles. The Labute approximate surface area is 58.8 Å². The Morgan fingerprint density at radius 2 is 1.00 bits per heavy atom. The van der Waals surface area contributed by atoms with Crippen LogP contribution >= 0.6 is 13.5 Å². The maximum absolute atomic E-state index is 6.25. The predicted octanol–water partition coefficient (Wildman–Crippen LogP) is 0.532. The summed E-state index contributed by atoms with van der Waals surface area (Å²) >= 11 is 0. The van der Waals surface area contributed by atoms with Gasteiger partial charge in [0.05, 0.1) is 28.2 Å². The molecule has 0 amide bonds. The normalized spacial score (nSPS) is 7.75. The molecule has 0 aliphatic carbocycles. The van der Waals surface area contributed by atoms with E-state index in [1.165, 1.54) is 0 Å². The molecular formula is C5H14N2S. The third-order valence-electron chi connectivity index (χ3n) is 0. The highest BCUT2D eigenvalue weighted by Crippen LogP contribution is 1.73. The summed E-state index contributed by atoms with van der Waals surface area (Å²) in [5.41, 5.74) is 0. The van der Waals surface area contributed by atoms with E-state index in [1.54, 1.807) is 0 Å². The van der Waals surface area contributed by atoms with E-state index in [2.05, 4.69) is 28.2 Å². The van der Waals surface area contributed by atoms with Crippen LogP contribution < -0.4 is 0 Å². The Balaban J connectivity index is -0.0000000750. The molecule has 0 atom stereocenters. The molecule has 0 aromatic carbocycles. The lowest BCUT2D eigenvalue weighted by Gasteiger charge is -2.14. The third-order valence-corrected chi connectivity index (χ3v) is 0. The number of quaternary nitrogens is 1. The Morgan fingerprint density at radius 1 is 1.00 bits per heavy atom. The van der Waals surface area contributed by atoms with Crippen LogP contribution in [0.4, 0.5) is 0 Å². The minimum Gasteiger partial charge on any atom is -0.512 e. The van der Waals surface area contributed by atoms with Crippen molar-refractivity contribution in [2.75, 3.05) is 28.2 Å². The van der Waals surface area contributed by atoms with Crippen LogP contribution in [0.25, 0.3) is 0 Å². The molecule has 0 saturated carbocycles. The number of rotatable bonds is 0. The van der Waals surface area contributed by atoms with Gasteiger partial charge in [0.1, 0.15) is 0 Å². The molecule has 2 nitrogen and oxygen atoms in total. The molecule has 0 bridgehead atoms. The van der Waals surface area contributed by atoms with E-state index in [0.29, 0.717) is 0 Å². The molecule has 0 spiro atoms. The number of nitrogens with zero attached hydrogens (tertiary/aromatic N) is 2. The topological polar surface area (TPSA) is 23.8 Å². The van der Waals surface area contributed by atoms with Crippen LogP contribution in [0.5, 0.6) is 0 Å². The summed E-state index contributed by atoms with van der Waals surface area (Å²) in [6.07, 6.45) is 0. The second-order valence-corrected chi connectivity index (χ2v) is 2.68. The Hall–Kier alpha value is -0.200. The Kier molecular flexibility index (Phi) is 13.3. The monoisotopic (exact) mass is 134 g/mol. The second-order valence-electron chi connectivity index (χ2n) is 2.68. The average Bonchev–Trinajstić information content (AvgIpc) is 1.36. The van der Waals surface area contributed by atoms with Gasteiger partial charge < -0.3 is 16.3 Å². The molecule has 0 aromatic rings. The first-order valence-corrected chi connectivity index (χ1v) is 2.01. The fourth-order valence-corrected chi connectivity index (χ4v) is 0. The van der Waals surface area contributed by atoms with E-state index in [9.17, 15) is 0 Å². The fourth-order valence-electron chi connectivity index (χ4n) is 0. The van der Waals surface area contributed by atoms with Crippen molar-refractivity contribution >= 4 is 13.5 Å². The van der Waals surface area contributed by atoms with Crippen LogP contribution in [0.3, 0.4) is 0 Å². The minimum atomic E-state index is 0. The number of hydrogen-bond donors (Lipinski definition) is 0. The fraction of sp³-hybridized carbons (Fsp3) is 0.800. The zero-order valence-electron chi connectivity index (χ0n) is 5.89. The first kappa shape index (κ1) is 15.7. The Bertz CT molecular complexity index is 47.2. The van der Waals surface area contributed by atoms with E-state index in [4.69, 9.17) is 11.8 Å². The van der Waals surface area contributed by atoms with Crippen LogP contribution in [0.15, 0.2) is 0 Å². The van der Waals surface area contributed by atoms with Crippen molar-refractivity contribution in [2.24, 2.45) is 0 Å². The van der Waals surface area contributed by atoms with Gasteiger partial charge in [0.2, 0.25) is 0 Å². The first-order chi connectivity index (χ1) is 3.00. The molecule has 0 saturated heterocycles. The van der Waals surface area contributed by atoms with E-state index >= 15 is 0 Å². The van der Waals surface area contributed by atoms with Crippen molar-refractivity contribution in [3.8, 4) is 0 Å². The molecule has 0 radical (unpaired) electrons. The molecule has 0 N–H and O–H groups in total. The second kappa shape index (κ2) is 6.80. The zero-order valence-corrected chi connectivity index (χ0v) is 6.89. The minimum absolute atomic E-state index is 0. The van der Waals surface area contributed by atoms with Gasteiger partial charge in [-0.3, -0.25) is 0 Å². The van der Waals surface area contributed by atoms with Crippen LogP contribution in [0.2, 0.25) is 0 Å². The summed E-state index contributed by atoms with van der Waals surface area (Å²) in [5, 5.41) is 6.25. The third kappa shape index (κ3) is 3340. The largest absolute Gasteiger partial charge is 0.512 e. The predicted molar refractivity (Wildman–Crippen MR) is 39.3 cm³/mol. The van der Waals surface area contributed by atoms with Crippen molar-refractivity contribution in [3.63, 3.8) is 0 Å². The van der Waals surface area contributed by atoms with E-state index in [0.717, 1.165) is 4.48 Å². The van der Waals surface area contributed by atoms with Gasteiger partial charge in [-0.2, -0.15) is 13.5 Å². The molecule has 0 aliphatic rings. The lowest BCUT2D eigenvalue weighted by Crippen LogP contribution is -2.27.